The Hall–Kier alpha value is -1.61. The number of halogens is 2. The fourth-order valence-corrected chi connectivity index (χ4v) is 2.48. The molecule has 0 spiro atoms. The molecule has 8 heteroatoms. The van der Waals surface area contributed by atoms with Gasteiger partial charge >= 0.3 is 0 Å². The maximum atomic E-state index is 5.82. The van der Waals surface area contributed by atoms with Crippen molar-refractivity contribution < 1.29 is 4.74 Å². The van der Waals surface area contributed by atoms with E-state index in [0.717, 1.165) is 49.4 Å². The van der Waals surface area contributed by atoms with Crippen LogP contribution in [0.15, 0.2) is 41.7 Å². The van der Waals surface area contributed by atoms with E-state index in [9.17, 15) is 0 Å². The van der Waals surface area contributed by atoms with E-state index in [0.29, 0.717) is 24.2 Å². The highest BCUT2D eigenvalue weighted by molar-refractivity contribution is 14.0. The first kappa shape index (κ1) is 24.4. The van der Waals surface area contributed by atoms with Crippen LogP contribution in [-0.4, -0.2) is 35.6 Å². The lowest BCUT2D eigenvalue weighted by molar-refractivity contribution is 0.294. The Kier molecular flexibility index (Phi) is 12.6. The SMILES string of the molecule is CCCCOc1ncccc1CN=C(NCC)NCCc1ccc(Cl)nc1.I. The molecule has 0 aliphatic rings. The van der Waals surface area contributed by atoms with Crippen LogP contribution in [0.3, 0.4) is 0 Å². The normalized spacial score (nSPS) is 10.9. The molecule has 2 rings (SSSR count). The Labute approximate surface area is 189 Å². The number of nitrogens with zero attached hydrogens (tertiary/aromatic N) is 3. The topological polar surface area (TPSA) is 71.4 Å². The zero-order valence-corrected chi connectivity index (χ0v) is 19.5. The van der Waals surface area contributed by atoms with E-state index in [4.69, 9.17) is 16.3 Å². The molecule has 6 nitrogen and oxygen atoms in total. The van der Waals surface area contributed by atoms with E-state index >= 15 is 0 Å². The van der Waals surface area contributed by atoms with Crippen molar-refractivity contribution in [2.45, 2.75) is 39.7 Å². The van der Waals surface area contributed by atoms with E-state index < -0.39 is 0 Å². The average Bonchev–Trinajstić information content (AvgIpc) is 2.68. The van der Waals surface area contributed by atoms with Crippen LogP contribution in [0.5, 0.6) is 5.88 Å². The molecule has 2 N–H and O–H groups in total. The first-order valence-corrected chi connectivity index (χ1v) is 9.80. The molecule has 0 radical (unpaired) electrons. The summed E-state index contributed by atoms with van der Waals surface area (Å²) in [5, 5.41) is 7.11. The lowest BCUT2D eigenvalue weighted by Gasteiger charge is -2.12. The van der Waals surface area contributed by atoms with E-state index in [1.165, 1.54) is 0 Å². The van der Waals surface area contributed by atoms with E-state index in [1.54, 1.807) is 18.5 Å². The zero-order chi connectivity index (χ0) is 19.3. The summed E-state index contributed by atoms with van der Waals surface area (Å²) in [5.41, 5.74) is 2.11. The van der Waals surface area contributed by atoms with E-state index in [-0.39, 0.29) is 24.0 Å². The minimum Gasteiger partial charge on any atom is -0.477 e. The van der Waals surface area contributed by atoms with Gasteiger partial charge in [0.25, 0.3) is 0 Å². The van der Waals surface area contributed by atoms with Crippen molar-refractivity contribution in [3.63, 3.8) is 0 Å². The van der Waals surface area contributed by atoms with Gasteiger partial charge in [0.05, 0.1) is 13.2 Å². The third-order valence-corrected chi connectivity index (χ3v) is 4.06. The van der Waals surface area contributed by atoms with Crippen molar-refractivity contribution in [1.29, 1.82) is 0 Å². The van der Waals surface area contributed by atoms with Crippen molar-refractivity contribution >= 4 is 41.5 Å². The van der Waals surface area contributed by atoms with Gasteiger partial charge in [-0.15, -0.1) is 24.0 Å². The summed E-state index contributed by atoms with van der Waals surface area (Å²) in [6.45, 7) is 6.92. The number of rotatable bonds is 10. The van der Waals surface area contributed by atoms with Crippen LogP contribution in [0.2, 0.25) is 5.15 Å². The summed E-state index contributed by atoms with van der Waals surface area (Å²) in [7, 11) is 0. The number of pyridine rings is 2. The highest BCUT2D eigenvalue weighted by atomic mass is 127. The van der Waals surface area contributed by atoms with Gasteiger partial charge in [-0.3, -0.25) is 0 Å². The van der Waals surface area contributed by atoms with Gasteiger partial charge < -0.3 is 15.4 Å². The Balaban J connectivity index is 0.00000392. The number of aliphatic imine (C=N–C) groups is 1. The Morgan fingerprint density at radius 2 is 2.04 bits per heavy atom. The molecule has 2 aromatic heterocycles. The first-order valence-electron chi connectivity index (χ1n) is 9.42. The molecule has 0 saturated carbocycles. The third kappa shape index (κ3) is 9.05. The molecule has 0 atom stereocenters. The minimum atomic E-state index is 0. The first-order chi connectivity index (χ1) is 13.2. The fourth-order valence-electron chi connectivity index (χ4n) is 2.37. The molecular weight excluding hydrogens is 489 g/mol. The summed E-state index contributed by atoms with van der Waals surface area (Å²) < 4.78 is 5.78. The van der Waals surface area contributed by atoms with Crippen LogP contribution in [-0.2, 0) is 13.0 Å². The largest absolute Gasteiger partial charge is 0.477 e. The Bertz CT molecular complexity index is 712. The van der Waals surface area contributed by atoms with Gasteiger partial charge in [-0.05, 0) is 37.5 Å². The lowest BCUT2D eigenvalue weighted by Crippen LogP contribution is -2.38. The van der Waals surface area contributed by atoms with Gasteiger partial charge in [0.15, 0.2) is 5.96 Å². The second-order valence-electron chi connectivity index (χ2n) is 6.03. The number of guanidine groups is 1. The van der Waals surface area contributed by atoms with Gasteiger partial charge in [0.1, 0.15) is 5.15 Å². The number of aromatic nitrogens is 2. The highest BCUT2D eigenvalue weighted by Gasteiger charge is 2.05. The molecule has 154 valence electrons. The minimum absolute atomic E-state index is 0. The average molecular weight is 518 g/mol. The van der Waals surface area contributed by atoms with Crippen molar-refractivity contribution in [3.8, 4) is 5.88 Å². The van der Waals surface area contributed by atoms with Crippen molar-refractivity contribution in [3.05, 3.63) is 52.9 Å². The summed E-state index contributed by atoms with van der Waals surface area (Å²) >= 11 is 5.82. The predicted octanol–water partition coefficient (Wildman–Crippen LogP) is 4.22. The van der Waals surface area contributed by atoms with Gasteiger partial charge in [-0.25, -0.2) is 15.0 Å². The quantitative estimate of drug-likeness (QED) is 0.162. The number of unbranched alkanes of at least 4 members (excludes halogenated alkanes) is 1. The molecule has 2 heterocycles. The number of hydrogen-bond donors (Lipinski definition) is 2. The summed E-state index contributed by atoms with van der Waals surface area (Å²) in [4.78, 5) is 13.1. The second kappa shape index (κ2) is 14.4. The van der Waals surface area contributed by atoms with Gasteiger partial charge in [-0.1, -0.05) is 37.1 Å². The van der Waals surface area contributed by atoms with Crippen molar-refractivity contribution in [2.75, 3.05) is 19.7 Å². The van der Waals surface area contributed by atoms with Crippen molar-refractivity contribution in [2.24, 2.45) is 4.99 Å². The molecule has 0 aromatic carbocycles. The van der Waals surface area contributed by atoms with Gasteiger partial charge in [0.2, 0.25) is 5.88 Å². The van der Waals surface area contributed by atoms with Crippen LogP contribution in [0, 0.1) is 0 Å². The van der Waals surface area contributed by atoms with E-state index in [2.05, 4.69) is 32.5 Å². The molecule has 0 aliphatic carbocycles. The monoisotopic (exact) mass is 517 g/mol. The third-order valence-electron chi connectivity index (χ3n) is 3.83. The molecule has 0 saturated heterocycles. The van der Waals surface area contributed by atoms with Crippen molar-refractivity contribution in [1.82, 2.24) is 20.6 Å². The van der Waals surface area contributed by atoms with Gasteiger partial charge in [-0.2, -0.15) is 0 Å². The van der Waals surface area contributed by atoms with Crippen LogP contribution in [0.1, 0.15) is 37.8 Å². The molecule has 0 bridgehead atoms. The summed E-state index contributed by atoms with van der Waals surface area (Å²) in [5.74, 6) is 1.43. The standard InChI is InChI=1S/C20H28ClN5O.HI/c1-3-5-13-27-19-17(7-6-11-23-19)15-26-20(22-4-2)24-12-10-16-8-9-18(21)25-14-16;/h6-9,11,14H,3-5,10,12-13,15H2,1-2H3,(H2,22,24,26);1H. The maximum Gasteiger partial charge on any atom is 0.218 e. The Morgan fingerprint density at radius 3 is 2.75 bits per heavy atom. The lowest BCUT2D eigenvalue weighted by atomic mass is 10.2. The number of nitrogens with one attached hydrogen (secondary N) is 2. The smallest absolute Gasteiger partial charge is 0.218 e. The highest BCUT2D eigenvalue weighted by Crippen LogP contribution is 2.15. The van der Waals surface area contributed by atoms with Crippen LogP contribution in [0.4, 0.5) is 0 Å². The van der Waals surface area contributed by atoms with Crippen LogP contribution < -0.4 is 15.4 Å². The van der Waals surface area contributed by atoms with Crippen LogP contribution in [0.25, 0.3) is 0 Å². The zero-order valence-electron chi connectivity index (χ0n) is 16.4. The van der Waals surface area contributed by atoms with Crippen LogP contribution >= 0.6 is 35.6 Å². The molecule has 0 aliphatic heterocycles. The molecule has 0 amide bonds. The maximum absolute atomic E-state index is 5.82. The summed E-state index contributed by atoms with van der Waals surface area (Å²) in [6, 6.07) is 7.70. The molecule has 2 aromatic rings. The number of hydrogen-bond acceptors (Lipinski definition) is 4. The Morgan fingerprint density at radius 1 is 1.18 bits per heavy atom. The molecular formula is C20H29ClIN5O. The molecule has 0 fully saturated rings. The fraction of sp³-hybridized carbons (Fsp3) is 0.450. The van der Waals surface area contributed by atoms with Gasteiger partial charge in [0, 0.05) is 31.0 Å². The predicted molar refractivity (Wildman–Crippen MR) is 126 cm³/mol. The summed E-state index contributed by atoms with van der Waals surface area (Å²) in [6.07, 6.45) is 6.50. The molecule has 0 unspecified atom stereocenters. The number of ether oxygens (including phenoxy) is 1. The molecule has 28 heavy (non-hydrogen) atoms. The van der Waals surface area contributed by atoms with E-state index in [1.807, 2.05) is 25.1 Å². The second-order valence-corrected chi connectivity index (χ2v) is 6.42.